The normalized spacial score (nSPS) is 10.7. The largest absolute Gasteiger partial charge is 0.311 e. The number of rotatable bonds is 3. The van der Waals surface area contributed by atoms with E-state index in [0.717, 1.165) is 17.4 Å². The number of fused-ring (bicyclic) bond motifs is 1. The van der Waals surface area contributed by atoms with E-state index in [2.05, 4.69) is 9.99 Å². The van der Waals surface area contributed by atoms with Crippen LogP contribution in [0.2, 0.25) is 0 Å². The van der Waals surface area contributed by atoms with E-state index in [0.29, 0.717) is 0 Å². The van der Waals surface area contributed by atoms with E-state index < -0.39 is 0 Å². The lowest BCUT2D eigenvalue weighted by atomic mass is 10.2. The molecule has 2 heterocycles. The van der Waals surface area contributed by atoms with E-state index in [1.54, 1.807) is 18.5 Å². The van der Waals surface area contributed by atoms with Crippen LogP contribution in [0.5, 0.6) is 0 Å². The molecule has 0 spiro atoms. The second-order valence-corrected chi connectivity index (χ2v) is 4.71. The Hall–Kier alpha value is -2.62. The second kappa shape index (κ2) is 5.17. The van der Waals surface area contributed by atoms with Gasteiger partial charge in [-0.25, -0.2) is 0 Å². The van der Waals surface area contributed by atoms with Gasteiger partial charge < -0.3 is 5.01 Å². The van der Waals surface area contributed by atoms with Crippen LogP contribution in [0.15, 0.2) is 65.8 Å². The highest BCUT2D eigenvalue weighted by Crippen LogP contribution is 2.11. The smallest absolute Gasteiger partial charge is 0.189 e. The van der Waals surface area contributed by atoms with Crippen LogP contribution in [0.25, 0.3) is 10.9 Å². The molecule has 0 amide bonds. The highest BCUT2D eigenvalue weighted by molar-refractivity contribution is 5.78. The molecule has 0 aliphatic carbocycles. The Morgan fingerprint density at radius 2 is 1.85 bits per heavy atom. The molecule has 4 heteroatoms. The summed E-state index contributed by atoms with van der Waals surface area (Å²) in [5.41, 5.74) is 2.14. The van der Waals surface area contributed by atoms with Gasteiger partial charge in [0.1, 0.15) is 0 Å². The molecule has 0 N–H and O–H groups in total. The fourth-order valence-electron chi connectivity index (χ4n) is 2.32. The molecule has 0 saturated carbocycles. The zero-order valence-electron chi connectivity index (χ0n) is 11.2. The van der Waals surface area contributed by atoms with E-state index in [-0.39, 0.29) is 5.43 Å². The number of pyridine rings is 2. The summed E-state index contributed by atoms with van der Waals surface area (Å²) in [4.78, 5) is 15.9. The predicted octanol–water partition coefficient (Wildman–Crippen LogP) is 2.16. The van der Waals surface area contributed by atoms with Gasteiger partial charge in [-0.15, -0.1) is 0 Å². The molecule has 0 aliphatic rings. The first-order valence-electron chi connectivity index (χ1n) is 6.46. The first-order valence-corrected chi connectivity index (χ1v) is 6.46. The number of para-hydroxylation sites is 1. The molecule has 1 aromatic carbocycles. The molecule has 3 rings (SSSR count). The third-order valence-corrected chi connectivity index (χ3v) is 3.31. The number of aromatic nitrogens is 2. The van der Waals surface area contributed by atoms with Crippen LogP contribution in [-0.4, -0.2) is 16.7 Å². The van der Waals surface area contributed by atoms with Gasteiger partial charge in [0.25, 0.3) is 0 Å². The van der Waals surface area contributed by atoms with Crippen molar-refractivity contribution in [3.05, 3.63) is 76.8 Å². The third-order valence-electron chi connectivity index (χ3n) is 3.31. The Balaban J connectivity index is 2.02. The molecule has 100 valence electrons. The quantitative estimate of drug-likeness (QED) is 0.728. The van der Waals surface area contributed by atoms with Crippen molar-refractivity contribution in [3.8, 4) is 0 Å². The Bertz CT molecular complexity index is 780. The average molecular weight is 265 g/mol. The minimum atomic E-state index is 0.0501. The highest BCUT2D eigenvalue weighted by atomic mass is 16.1. The summed E-state index contributed by atoms with van der Waals surface area (Å²) in [7, 11) is 2.00. The highest BCUT2D eigenvalue weighted by Gasteiger charge is 2.06. The summed E-state index contributed by atoms with van der Waals surface area (Å²) in [6.07, 6.45) is 5.38. The summed E-state index contributed by atoms with van der Waals surface area (Å²) in [6, 6.07) is 13.2. The maximum absolute atomic E-state index is 11.9. The van der Waals surface area contributed by atoms with Gasteiger partial charge in [0.05, 0.1) is 12.1 Å². The average Bonchev–Trinajstić information content (AvgIpc) is 2.49. The molecule has 2 aromatic heterocycles. The molecule has 0 fully saturated rings. The van der Waals surface area contributed by atoms with Crippen LogP contribution in [0, 0.1) is 0 Å². The molecule has 0 unspecified atom stereocenters. The van der Waals surface area contributed by atoms with Gasteiger partial charge in [-0.05, 0) is 29.8 Å². The molecule has 3 aromatic rings. The van der Waals surface area contributed by atoms with Crippen molar-refractivity contribution in [3.63, 3.8) is 0 Å². The first kappa shape index (κ1) is 12.4. The summed E-state index contributed by atoms with van der Waals surface area (Å²) in [5, 5.41) is 2.80. The van der Waals surface area contributed by atoms with E-state index in [1.807, 2.05) is 54.3 Å². The number of hydrogen-bond donors (Lipinski definition) is 0. The lowest BCUT2D eigenvalue weighted by molar-refractivity contribution is 0.665. The molecule has 0 radical (unpaired) electrons. The number of nitrogens with zero attached hydrogens (tertiary/aromatic N) is 3. The Morgan fingerprint density at radius 3 is 2.65 bits per heavy atom. The molecular formula is C16H15N3O. The van der Waals surface area contributed by atoms with Crippen molar-refractivity contribution in [2.75, 3.05) is 12.1 Å². The van der Waals surface area contributed by atoms with Crippen LogP contribution in [-0.2, 0) is 6.54 Å². The molecule has 20 heavy (non-hydrogen) atoms. The molecule has 0 bridgehead atoms. The molecule has 4 nitrogen and oxygen atoms in total. The van der Waals surface area contributed by atoms with Crippen molar-refractivity contribution in [1.82, 2.24) is 9.66 Å². The van der Waals surface area contributed by atoms with Crippen LogP contribution in [0.1, 0.15) is 5.56 Å². The van der Waals surface area contributed by atoms with Crippen molar-refractivity contribution in [2.45, 2.75) is 6.54 Å². The summed E-state index contributed by atoms with van der Waals surface area (Å²) in [5.74, 6) is 0. The van der Waals surface area contributed by atoms with Gasteiger partial charge in [-0.2, -0.15) is 0 Å². The standard InChI is InChI=1S/C16H15N3O/c1-18(12-13-6-9-17-10-7-13)19-11-8-16(20)14-4-2-3-5-15(14)19/h2-11H,12H2,1H3. The molecule has 0 saturated heterocycles. The van der Waals surface area contributed by atoms with E-state index in [1.165, 1.54) is 5.56 Å². The fraction of sp³-hybridized carbons (Fsp3) is 0.125. The Labute approximate surface area is 116 Å². The van der Waals surface area contributed by atoms with Gasteiger partial charge in [0.2, 0.25) is 0 Å². The maximum Gasteiger partial charge on any atom is 0.189 e. The molecular weight excluding hydrogens is 250 g/mol. The van der Waals surface area contributed by atoms with Gasteiger partial charge in [0.15, 0.2) is 5.43 Å². The van der Waals surface area contributed by atoms with Gasteiger partial charge in [0, 0.05) is 37.1 Å². The van der Waals surface area contributed by atoms with Crippen LogP contribution < -0.4 is 10.4 Å². The van der Waals surface area contributed by atoms with E-state index in [4.69, 9.17) is 0 Å². The number of benzene rings is 1. The third kappa shape index (κ3) is 2.28. The Morgan fingerprint density at radius 1 is 1.10 bits per heavy atom. The second-order valence-electron chi connectivity index (χ2n) is 4.71. The van der Waals surface area contributed by atoms with E-state index in [9.17, 15) is 4.79 Å². The minimum absolute atomic E-state index is 0.0501. The molecule has 0 atom stereocenters. The van der Waals surface area contributed by atoms with E-state index >= 15 is 0 Å². The Kier molecular flexibility index (Phi) is 3.21. The maximum atomic E-state index is 11.9. The van der Waals surface area contributed by atoms with Crippen molar-refractivity contribution in [2.24, 2.45) is 0 Å². The van der Waals surface area contributed by atoms with Gasteiger partial charge in [-0.3, -0.25) is 14.5 Å². The lowest BCUT2D eigenvalue weighted by Crippen LogP contribution is -2.30. The monoisotopic (exact) mass is 265 g/mol. The zero-order valence-corrected chi connectivity index (χ0v) is 11.2. The van der Waals surface area contributed by atoms with Crippen LogP contribution in [0.4, 0.5) is 0 Å². The lowest BCUT2D eigenvalue weighted by Gasteiger charge is -2.24. The minimum Gasteiger partial charge on any atom is -0.311 e. The fourth-order valence-corrected chi connectivity index (χ4v) is 2.32. The van der Waals surface area contributed by atoms with Gasteiger partial charge in [-0.1, -0.05) is 12.1 Å². The first-order chi connectivity index (χ1) is 9.75. The van der Waals surface area contributed by atoms with Gasteiger partial charge >= 0.3 is 0 Å². The number of hydrogen-bond acceptors (Lipinski definition) is 3. The van der Waals surface area contributed by atoms with Crippen molar-refractivity contribution in [1.29, 1.82) is 0 Å². The summed E-state index contributed by atoms with van der Waals surface area (Å²) in [6.45, 7) is 0.745. The topological polar surface area (TPSA) is 38.1 Å². The summed E-state index contributed by atoms with van der Waals surface area (Å²) < 4.78 is 2.00. The van der Waals surface area contributed by atoms with Crippen LogP contribution in [0.3, 0.4) is 0 Å². The summed E-state index contributed by atoms with van der Waals surface area (Å²) >= 11 is 0. The predicted molar refractivity (Wildman–Crippen MR) is 80.3 cm³/mol. The SMILES string of the molecule is CN(Cc1ccncc1)n1ccc(=O)c2ccccc21. The van der Waals surface area contributed by atoms with Crippen LogP contribution >= 0.6 is 0 Å². The van der Waals surface area contributed by atoms with Crippen molar-refractivity contribution >= 4 is 10.9 Å². The van der Waals surface area contributed by atoms with Crippen molar-refractivity contribution < 1.29 is 0 Å². The zero-order chi connectivity index (χ0) is 13.9. The molecule has 0 aliphatic heterocycles.